The molecule has 0 fully saturated rings. The summed E-state index contributed by atoms with van der Waals surface area (Å²) >= 11 is 0. The fraction of sp³-hybridized carbons (Fsp3) is 0.308. The molecule has 0 saturated carbocycles. The third kappa shape index (κ3) is 4.61. The number of hydrogen-bond donors (Lipinski definition) is 1. The standard InChI is InChI=1S/C26H29N5O5/c1-15-7-9-18(10-8-15)31-25-23(16(2)29-31)28-19(26(33)30(25)3)11-12-22(32)27-17-13-20(34-4)24(36-6)21(14-17)35-5/h7-10,13-14H,11-12H2,1-6H3,(H,27,32). The number of carbonyl (C=O) groups is 1. The second kappa shape index (κ2) is 10.1. The van der Waals surface area contributed by atoms with Crippen LogP contribution in [-0.2, 0) is 18.3 Å². The number of rotatable bonds is 8. The Labute approximate surface area is 208 Å². The van der Waals surface area contributed by atoms with Gasteiger partial charge in [0.15, 0.2) is 17.1 Å². The summed E-state index contributed by atoms with van der Waals surface area (Å²) in [4.78, 5) is 30.4. The molecule has 1 N–H and O–H groups in total. The molecule has 0 saturated heterocycles. The lowest BCUT2D eigenvalue weighted by Gasteiger charge is -2.14. The number of nitrogens with zero attached hydrogens (tertiary/aromatic N) is 4. The monoisotopic (exact) mass is 491 g/mol. The first kappa shape index (κ1) is 24.8. The third-order valence-electron chi connectivity index (χ3n) is 5.94. The highest BCUT2D eigenvalue weighted by Gasteiger charge is 2.19. The number of benzene rings is 2. The minimum Gasteiger partial charge on any atom is -0.493 e. The van der Waals surface area contributed by atoms with E-state index in [1.165, 1.54) is 25.9 Å². The molecule has 36 heavy (non-hydrogen) atoms. The van der Waals surface area contributed by atoms with E-state index in [4.69, 9.17) is 14.2 Å². The molecule has 0 atom stereocenters. The van der Waals surface area contributed by atoms with Crippen LogP contribution in [0.15, 0.2) is 41.2 Å². The Morgan fingerprint density at radius 3 is 2.22 bits per heavy atom. The van der Waals surface area contributed by atoms with Crippen LogP contribution in [0.3, 0.4) is 0 Å². The molecule has 0 aliphatic carbocycles. The fourth-order valence-corrected chi connectivity index (χ4v) is 4.05. The zero-order valence-electron chi connectivity index (χ0n) is 21.2. The zero-order chi connectivity index (χ0) is 26.0. The van der Waals surface area contributed by atoms with Crippen molar-refractivity contribution in [1.29, 1.82) is 0 Å². The Bertz CT molecular complexity index is 1460. The van der Waals surface area contributed by atoms with Crippen LogP contribution in [0.1, 0.15) is 23.4 Å². The lowest BCUT2D eigenvalue weighted by atomic mass is 10.2. The number of ether oxygens (including phenoxy) is 3. The van der Waals surface area contributed by atoms with Gasteiger partial charge < -0.3 is 19.5 Å². The SMILES string of the molecule is COc1cc(NC(=O)CCc2nc3c(C)nn(-c4ccc(C)cc4)c3n(C)c2=O)cc(OC)c1OC. The van der Waals surface area contributed by atoms with Crippen molar-refractivity contribution in [1.82, 2.24) is 19.3 Å². The summed E-state index contributed by atoms with van der Waals surface area (Å²) in [5.41, 5.74) is 4.42. The van der Waals surface area contributed by atoms with Gasteiger partial charge in [0.05, 0.1) is 32.7 Å². The number of fused-ring (bicyclic) bond motifs is 1. The number of nitrogens with one attached hydrogen (secondary N) is 1. The Kier molecular flexibility index (Phi) is 6.96. The van der Waals surface area contributed by atoms with Crippen LogP contribution in [0.25, 0.3) is 16.9 Å². The van der Waals surface area contributed by atoms with E-state index in [0.29, 0.717) is 45.5 Å². The molecule has 10 nitrogen and oxygen atoms in total. The highest BCUT2D eigenvalue weighted by Crippen LogP contribution is 2.39. The maximum atomic E-state index is 13.1. The van der Waals surface area contributed by atoms with E-state index >= 15 is 0 Å². The first-order chi connectivity index (χ1) is 17.3. The lowest BCUT2D eigenvalue weighted by Crippen LogP contribution is -2.25. The molecule has 0 spiro atoms. The van der Waals surface area contributed by atoms with Crippen LogP contribution < -0.4 is 25.1 Å². The predicted molar refractivity (Wildman–Crippen MR) is 137 cm³/mol. The van der Waals surface area contributed by atoms with Crippen LogP contribution in [0, 0.1) is 13.8 Å². The second-order valence-electron chi connectivity index (χ2n) is 8.39. The quantitative estimate of drug-likeness (QED) is 0.403. The summed E-state index contributed by atoms with van der Waals surface area (Å²) in [6, 6.07) is 11.2. The first-order valence-electron chi connectivity index (χ1n) is 11.4. The third-order valence-corrected chi connectivity index (χ3v) is 5.94. The van der Waals surface area contributed by atoms with Gasteiger partial charge in [-0.05, 0) is 26.0 Å². The van der Waals surface area contributed by atoms with Crippen molar-refractivity contribution in [2.24, 2.45) is 7.05 Å². The van der Waals surface area contributed by atoms with Gasteiger partial charge in [-0.3, -0.25) is 14.2 Å². The van der Waals surface area contributed by atoms with Crippen molar-refractivity contribution >= 4 is 22.8 Å². The second-order valence-corrected chi connectivity index (χ2v) is 8.39. The molecule has 0 unspecified atom stereocenters. The average Bonchev–Trinajstić information content (AvgIpc) is 3.21. The summed E-state index contributed by atoms with van der Waals surface area (Å²) in [7, 11) is 6.21. The summed E-state index contributed by atoms with van der Waals surface area (Å²) in [5, 5.41) is 7.43. The minimum atomic E-state index is -0.278. The van der Waals surface area contributed by atoms with Crippen molar-refractivity contribution in [3.05, 3.63) is 63.7 Å². The molecule has 0 aliphatic rings. The van der Waals surface area contributed by atoms with Crippen molar-refractivity contribution in [3.63, 3.8) is 0 Å². The molecule has 188 valence electrons. The molecule has 2 aromatic carbocycles. The summed E-state index contributed by atoms with van der Waals surface area (Å²) < 4.78 is 19.2. The highest BCUT2D eigenvalue weighted by atomic mass is 16.5. The normalized spacial score (nSPS) is 10.9. The van der Waals surface area contributed by atoms with Gasteiger partial charge in [0.2, 0.25) is 11.7 Å². The Morgan fingerprint density at radius 2 is 1.64 bits per heavy atom. The molecule has 1 amide bonds. The van der Waals surface area contributed by atoms with Gasteiger partial charge in [0, 0.05) is 37.7 Å². The number of amides is 1. The molecular formula is C26H29N5O5. The minimum absolute atomic E-state index is 0.0650. The van der Waals surface area contributed by atoms with Gasteiger partial charge in [-0.15, -0.1) is 0 Å². The summed E-state index contributed by atoms with van der Waals surface area (Å²) in [5.74, 6) is 1.00. The molecule has 10 heteroatoms. The Balaban J connectivity index is 1.58. The molecular weight excluding hydrogens is 462 g/mol. The van der Waals surface area contributed by atoms with Gasteiger partial charge >= 0.3 is 0 Å². The Morgan fingerprint density at radius 1 is 1.00 bits per heavy atom. The number of hydrogen-bond acceptors (Lipinski definition) is 7. The van der Waals surface area contributed by atoms with Crippen LogP contribution >= 0.6 is 0 Å². The number of anilines is 1. The van der Waals surface area contributed by atoms with E-state index in [1.807, 2.05) is 38.1 Å². The number of methoxy groups -OCH3 is 3. The fourth-order valence-electron chi connectivity index (χ4n) is 4.05. The largest absolute Gasteiger partial charge is 0.493 e. The molecule has 4 rings (SSSR count). The molecule has 0 bridgehead atoms. The molecule has 0 radical (unpaired) electrons. The van der Waals surface area contributed by atoms with Crippen LogP contribution in [0.4, 0.5) is 5.69 Å². The topological polar surface area (TPSA) is 110 Å². The van der Waals surface area contributed by atoms with Crippen LogP contribution in [-0.4, -0.2) is 46.6 Å². The first-order valence-corrected chi connectivity index (χ1v) is 11.4. The number of aryl methyl sites for hydroxylation is 4. The Hall–Kier alpha value is -4.34. The zero-order valence-corrected chi connectivity index (χ0v) is 21.2. The highest BCUT2D eigenvalue weighted by molar-refractivity contribution is 5.91. The van der Waals surface area contributed by atoms with Gasteiger partial charge in [-0.1, -0.05) is 17.7 Å². The molecule has 2 aromatic heterocycles. The summed E-state index contributed by atoms with van der Waals surface area (Å²) in [6.07, 6.45) is 0.240. The van der Waals surface area contributed by atoms with Gasteiger partial charge in [-0.2, -0.15) is 5.10 Å². The van der Waals surface area contributed by atoms with E-state index in [1.54, 1.807) is 23.9 Å². The molecule has 0 aliphatic heterocycles. The number of carbonyl (C=O) groups excluding carboxylic acids is 1. The average molecular weight is 492 g/mol. The lowest BCUT2D eigenvalue weighted by molar-refractivity contribution is -0.116. The van der Waals surface area contributed by atoms with E-state index in [-0.39, 0.29) is 24.3 Å². The van der Waals surface area contributed by atoms with Crippen LogP contribution in [0.5, 0.6) is 17.2 Å². The van der Waals surface area contributed by atoms with Gasteiger partial charge in [-0.25, -0.2) is 9.67 Å². The molecule has 4 aromatic rings. The number of aromatic nitrogens is 4. The van der Waals surface area contributed by atoms with Crippen molar-refractivity contribution < 1.29 is 19.0 Å². The maximum Gasteiger partial charge on any atom is 0.273 e. The van der Waals surface area contributed by atoms with E-state index in [9.17, 15) is 9.59 Å². The van der Waals surface area contributed by atoms with Crippen molar-refractivity contribution in [3.8, 4) is 22.9 Å². The maximum absolute atomic E-state index is 13.1. The van der Waals surface area contributed by atoms with Gasteiger partial charge in [0.25, 0.3) is 5.56 Å². The van der Waals surface area contributed by atoms with E-state index in [0.717, 1.165) is 11.3 Å². The van der Waals surface area contributed by atoms with Crippen molar-refractivity contribution in [2.45, 2.75) is 26.7 Å². The van der Waals surface area contributed by atoms with Crippen molar-refractivity contribution in [2.75, 3.05) is 26.6 Å². The van der Waals surface area contributed by atoms with E-state index < -0.39 is 0 Å². The molecule has 2 heterocycles. The van der Waals surface area contributed by atoms with Crippen LogP contribution in [0.2, 0.25) is 0 Å². The predicted octanol–water partition coefficient (Wildman–Crippen LogP) is 3.33. The van der Waals surface area contributed by atoms with E-state index in [2.05, 4.69) is 15.4 Å². The van der Waals surface area contributed by atoms with Gasteiger partial charge in [0.1, 0.15) is 11.2 Å². The smallest absolute Gasteiger partial charge is 0.273 e. The summed E-state index contributed by atoms with van der Waals surface area (Å²) in [6.45, 7) is 3.86.